The van der Waals surface area contributed by atoms with Gasteiger partial charge >= 0.3 is 0 Å². The summed E-state index contributed by atoms with van der Waals surface area (Å²) >= 11 is 0. The van der Waals surface area contributed by atoms with Gasteiger partial charge in [-0.2, -0.15) is 0 Å². The predicted molar refractivity (Wildman–Crippen MR) is 80.8 cm³/mol. The highest BCUT2D eigenvalue weighted by Crippen LogP contribution is 2.42. The second-order valence-corrected chi connectivity index (χ2v) is 5.00. The lowest BCUT2D eigenvalue weighted by Crippen LogP contribution is -2.30. The number of rotatable bonds is 1. The summed E-state index contributed by atoms with van der Waals surface area (Å²) in [5.74, 6) is -0.589. The zero-order valence-electron chi connectivity index (χ0n) is 12.3. The summed E-state index contributed by atoms with van der Waals surface area (Å²) in [5, 5.41) is 55.3. The van der Waals surface area contributed by atoms with Crippen LogP contribution in [0.15, 0.2) is 30.3 Å². The fraction of sp³-hybridized carbons (Fsp3) is 0.250. The van der Waals surface area contributed by atoms with Gasteiger partial charge in [0.05, 0.1) is 6.10 Å². The number of fused-ring (bicyclic) bond motifs is 1. The number of aliphatic hydroxyl groups excluding tert-OH is 2. The number of benzene rings is 2. The van der Waals surface area contributed by atoms with Crippen LogP contribution >= 0.6 is 0 Å². The Labute approximate surface area is 132 Å². The second kappa shape index (κ2) is 6.64. The van der Waals surface area contributed by atoms with Gasteiger partial charge in [0, 0.05) is 31.2 Å². The minimum Gasteiger partial charge on any atom is -0.508 e. The van der Waals surface area contributed by atoms with Gasteiger partial charge in [0.25, 0.3) is 0 Å². The molecule has 1 aliphatic rings. The molecular weight excluding hydrogens is 304 g/mol. The molecule has 7 nitrogen and oxygen atoms in total. The third-order valence-electron chi connectivity index (χ3n) is 3.51. The van der Waals surface area contributed by atoms with Crippen molar-refractivity contribution >= 4 is 0 Å². The molecule has 23 heavy (non-hydrogen) atoms. The molecule has 0 saturated carbocycles. The van der Waals surface area contributed by atoms with E-state index in [1.165, 1.54) is 30.3 Å². The summed E-state index contributed by atoms with van der Waals surface area (Å²) in [5.41, 5.74) is 0.894. The van der Waals surface area contributed by atoms with Gasteiger partial charge in [-0.15, -0.1) is 0 Å². The lowest BCUT2D eigenvalue weighted by molar-refractivity contribution is 0.0197. The molecule has 0 saturated heterocycles. The number of aliphatic hydroxyl groups is 2. The quantitative estimate of drug-likeness (QED) is 0.434. The molecule has 0 aliphatic carbocycles. The van der Waals surface area contributed by atoms with Crippen molar-refractivity contribution < 1.29 is 35.4 Å². The van der Waals surface area contributed by atoms with E-state index in [9.17, 15) is 25.5 Å². The minimum atomic E-state index is -0.933. The first-order valence-electron chi connectivity index (χ1n) is 6.82. The lowest BCUT2D eigenvalue weighted by Gasteiger charge is -2.31. The van der Waals surface area contributed by atoms with Crippen LogP contribution in [-0.4, -0.2) is 43.9 Å². The molecule has 2 aromatic carbocycles. The third-order valence-corrected chi connectivity index (χ3v) is 3.51. The maximum Gasteiger partial charge on any atom is 0.157 e. The minimum absolute atomic E-state index is 0.143. The summed E-state index contributed by atoms with van der Waals surface area (Å²) < 4.78 is 5.62. The van der Waals surface area contributed by atoms with Gasteiger partial charge in [-0.25, -0.2) is 0 Å². The van der Waals surface area contributed by atoms with Crippen LogP contribution in [-0.2, 0) is 6.42 Å². The Bertz CT molecular complexity index is 699. The van der Waals surface area contributed by atoms with Crippen molar-refractivity contribution in [2.75, 3.05) is 7.11 Å². The van der Waals surface area contributed by atoms with E-state index in [-0.39, 0.29) is 35.2 Å². The molecule has 0 radical (unpaired) electrons. The largest absolute Gasteiger partial charge is 0.508 e. The first-order chi connectivity index (χ1) is 11.0. The average Bonchev–Trinajstić information content (AvgIpc) is 2.52. The molecule has 0 spiro atoms. The van der Waals surface area contributed by atoms with E-state index in [1.54, 1.807) is 0 Å². The van der Waals surface area contributed by atoms with Crippen molar-refractivity contribution in [2.24, 2.45) is 0 Å². The van der Waals surface area contributed by atoms with Crippen molar-refractivity contribution in [3.05, 3.63) is 41.5 Å². The van der Waals surface area contributed by atoms with Crippen molar-refractivity contribution in [1.29, 1.82) is 0 Å². The highest BCUT2D eigenvalue weighted by molar-refractivity contribution is 5.52. The smallest absolute Gasteiger partial charge is 0.157 e. The number of hydrogen-bond acceptors (Lipinski definition) is 7. The number of ether oxygens (including phenoxy) is 1. The van der Waals surface area contributed by atoms with E-state index in [4.69, 9.17) is 9.84 Å². The van der Waals surface area contributed by atoms with Crippen LogP contribution in [0.5, 0.6) is 28.7 Å². The fourth-order valence-corrected chi connectivity index (χ4v) is 2.47. The maximum absolute atomic E-state index is 10.2. The van der Waals surface area contributed by atoms with E-state index < -0.39 is 12.2 Å². The van der Waals surface area contributed by atoms with Crippen LogP contribution in [0.25, 0.3) is 0 Å². The summed E-state index contributed by atoms with van der Waals surface area (Å²) in [4.78, 5) is 0. The first-order valence-corrected chi connectivity index (χ1v) is 6.82. The summed E-state index contributed by atoms with van der Waals surface area (Å²) in [6.07, 6.45) is -1.56. The van der Waals surface area contributed by atoms with E-state index in [0.717, 1.165) is 7.11 Å². The molecule has 0 aromatic heterocycles. The molecule has 0 bridgehead atoms. The van der Waals surface area contributed by atoms with Crippen molar-refractivity contribution in [2.45, 2.75) is 18.6 Å². The number of hydrogen-bond donors (Lipinski definition) is 6. The molecule has 0 amide bonds. The van der Waals surface area contributed by atoms with Crippen LogP contribution in [0.4, 0.5) is 0 Å². The van der Waals surface area contributed by atoms with E-state index in [0.29, 0.717) is 11.1 Å². The Morgan fingerprint density at radius 3 is 2.26 bits per heavy atom. The molecule has 1 heterocycles. The Hall–Kier alpha value is -2.64. The van der Waals surface area contributed by atoms with Gasteiger partial charge < -0.3 is 35.4 Å². The lowest BCUT2D eigenvalue weighted by atomic mass is 9.94. The van der Waals surface area contributed by atoms with Crippen molar-refractivity contribution in [1.82, 2.24) is 0 Å². The Morgan fingerprint density at radius 2 is 1.61 bits per heavy atom. The van der Waals surface area contributed by atoms with Crippen LogP contribution in [0.2, 0.25) is 0 Å². The predicted octanol–water partition coefficient (Wildman–Crippen LogP) is 1.15. The third kappa shape index (κ3) is 3.25. The maximum atomic E-state index is 10.2. The highest BCUT2D eigenvalue weighted by Gasteiger charge is 2.32. The first kappa shape index (κ1) is 16.7. The number of aromatic hydroxyl groups is 4. The van der Waals surface area contributed by atoms with Gasteiger partial charge in [-0.1, -0.05) is 6.07 Å². The molecule has 2 aromatic rings. The van der Waals surface area contributed by atoms with Gasteiger partial charge in [0.2, 0.25) is 0 Å². The molecule has 6 N–H and O–H groups in total. The average molecular weight is 322 g/mol. The van der Waals surface area contributed by atoms with E-state index in [2.05, 4.69) is 0 Å². The van der Waals surface area contributed by atoms with Crippen LogP contribution in [0.1, 0.15) is 17.2 Å². The summed E-state index contributed by atoms with van der Waals surface area (Å²) in [7, 11) is 1.00. The number of phenols is 4. The van der Waals surface area contributed by atoms with E-state index in [1.807, 2.05) is 0 Å². The monoisotopic (exact) mass is 322 g/mol. The zero-order chi connectivity index (χ0) is 17.1. The van der Waals surface area contributed by atoms with Crippen LogP contribution < -0.4 is 4.74 Å². The molecule has 2 atom stereocenters. The summed E-state index contributed by atoms with van der Waals surface area (Å²) in [6, 6.07) is 6.67. The standard InChI is InChI=1S/C15H14O6.CH4O/c16-8-4-11(18)9-6-13(20)15(21-14(9)5-8)7-1-2-10(17)12(19)3-7;1-2/h1-5,13,15-20H,6H2;2H,1H3/t13-,15+;/m0./s1. The van der Waals surface area contributed by atoms with Gasteiger partial charge in [0.15, 0.2) is 11.5 Å². The Balaban J connectivity index is 0.000000924. The van der Waals surface area contributed by atoms with Gasteiger partial charge in [0.1, 0.15) is 23.4 Å². The molecule has 3 rings (SSSR count). The molecule has 0 fully saturated rings. The zero-order valence-corrected chi connectivity index (χ0v) is 12.3. The molecule has 7 heteroatoms. The topological polar surface area (TPSA) is 131 Å². The van der Waals surface area contributed by atoms with Gasteiger partial charge in [-0.05, 0) is 17.7 Å². The van der Waals surface area contributed by atoms with Crippen molar-refractivity contribution in [3.8, 4) is 28.7 Å². The highest BCUT2D eigenvalue weighted by atomic mass is 16.5. The Morgan fingerprint density at radius 1 is 0.913 bits per heavy atom. The van der Waals surface area contributed by atoms with Crippen LogP contribution in [0.3, 0.4) is 0 Å². The van der Waals surface area contributed by atoms with Crippen molar-refractivity contribution in [3.63, 3.8) is 0 Å². The molecule has 124 valence electrons. The molecule has 1 aliphatic heterocycles. The van der Waals surface area contributed by atoms with E-state index >= 15 is 0 Å². The van der Waals surface area contributed by atoms with Crippen LogP contribution in [0, 0.1) is 0 Å². The fourth-order valence-electron chi connectivity index (χ4n) is 2.47. The second-order valence-electron chi connectivity index (χ2n) is 5.00. The molecular formula is C16H18O7. The SMILES string of the molecule is CO.Oc1cc(O)c2c(c1)O[C@H](c1ccc(O)c(O)c1)[C@@H](O)C2. The Kier molecular flexibility index (Phi) is 4.83. The summed E-state index contributed by atoms with van der Waals surface area (Å²) in [6.45, 7) is 0. The number of phenolic OH excluding ortho intramolecular Hbond substituents is 4. The molecule has 0 unspecified atom stereocenters. The van der Waals surface area contributed by atoms with Gasteiger partial charge in [-0.3, -0.25) is 0 Å². The normalized spacial score (nSPS) is 19.1.